The number of H-pyrrole nitrogens is 2. The SMILES string of the molecule is O=c1cc(Cc2ccsc2)[nH]c(=S)[nH]1. The van der Waals surface area contributed by atoms with Crippen LogP contribution in [0.3, 0.4) is 0 Å². The lowest BCUT2D eigenvalue weighted by molar-refractivity contribution is 0.989. The highest BCUT2D eigenvalue weighted by Crippen LogP contribution is 2.09. The first-order valence-corrected chi connectivity index (χ1v) is 5.43. The Bertz CT molecular complexity index is 496. The maximum absolute atomic E-state index is 11.1. The summed E-state index contributed by atoms with van der Waals surface area (Å²) in [4.78, 5) is 16.5. The van der Waals surface area contributed by atoms with E-state index in [1.165, 1.54) is 11.6 Å². The molecule has 2 rings (SSSR count). The third-order valence-electron chi connectivity index (χ3n) is 1.79. The van der Waals surface area contributed by atoms with Crippen molar-refractivity contribution in [1.82, 2.24) is 9.97 Å². The van der Waals surface area contributed by atoms with Gasteiger partial charge in [-0.1, -0.05) is 0 Å². The van der Waals surface area contributed by atoms with E-state index in [1.807, 2.05) is 11.4 Å². The molecule has 2 N–H and O–H groups in total. The van der Waals surface area contributed by atoms with Gasteiger partial charge in [0.1, 0.15) is 0 Å². The standard InChI is InChI=1S/C9H8N2OS2/c12-8-4-7(10-9(13)11-8)3-6-1-2-14-5-6/h1-2,4-5H,3H2,(H2,10,11,12,13). The number of hydrogen-bond donors (Lipinski definition) is 2. The van der Waals surface area contributed by atoms with E-state index >= 15 is 0 Å². The molecule has 0 unspecified atom stereocenters. The maximum atomic E-state index is 11.1. The lowest BCUT2D eigenvalue weighted by Gasteiger charge is -1.97. The van der Waals surface area contributed by atoms with Crippen LogP contribution in [0.5, 0.6) is 0 Å². The smallest absolute Gasteiger partial charge is 0.251 e. The molecule has 0 aliphatic heterocycles. The zero-order valence-corrected chi connectivity index (χ0v) is 8.87. The fourth-order valence-corrected chi connectivity index (χ4v) is 2.13. The van der Waals surface area contributed by atoms with Crippen molar-refractivity contribution in [2.45, 2.75) is 6.42 Å². The van der Waals surface area contributed by atoms with Crippen LogP contribution in [0.1, 0.15) is 11.3 Å². The second-order valence-electron chi connectivity index (χ2n) is 2.92. The first-order chi connectivity index (χ1) is 6.74. The molecule has 0 fully saturated rings. The Labute approximate surface area is 89.5 Å². The minimum atomic E-state index is -0.154. The summed E-state index contributed by atoms with van der Waals surface area (Å²) in [7, 11) is 0. The molecule has 0 saturated heterocycles. The van der Waals surface area contributed by atoms with Crippen LogP contribution in [0.15, 0.2) is 27.7 Å². The van der Waals surface area contributed by atoms with Crippen LogP contribution < -0.4 is 5.56 Å². The van der Waals surface area contributed by atoms with Gasteiger partial charge in [-0.2, -0.15) is 11.3 Å². The van der Waals surface area contributed by atoms with Crippen molar-refractivity contribution in [3.63, 3.8) is 0 Å². The third-order valence-corrected chi connectivity index (χ3v) is 2.73. The normalized spacial score (nSPS) is 10.3. The lowest BCUT2D eigenvalue weighted by atomic mass is 10.2. The molecule has 14 heavy (non-hydrogen) atoms. The number of thiophene rings is 1. The first-order valence-electron chi connectivity index (χ1n) is 4.07. The van der Waals surface area contributed by atoms with E-state index in [9.17, 15) is 4.79 Å². The molecule has 2 aromatic heterocycles. The first kappa shape index (κ1) is 9.36. The minimum absolute atomic E-state index is 0.154. The van der Waals surface area contributed by atoms with Crippen LogP contribution >= 0.6 is 23.6 Å². The van der Waals surface area contributed by atoms with Gasteiger partial charge in [-0.15, -0.1) is 0 Å². The molecule has 0 radical (unpaired) electrons. The second kappa shape index (κ2) is 3.89. The molecule has 2 aromatic rings. The summed E-state index contributed by atoms with van der Waals surface area (Å²) >= 11 is 6.52. The Morgan fingerprint density at radius 2 is 2.29 bits per heavy atom. The van der Waals surface area contributed by atoms with Crippen molar-refractivity contribution < 1.29 is 0 Å². The summed E-state index contributed by atoms with van der Waals surface area (Å²) in [5.41, 5.74) is 1.88. The van der Waals surface area contributed by atoms with Crippen molar-refractivity contribution in [2.24, 2.45) is 0 Å². The molecule has 2 heterocycles. The van der Waals surface area contributed by atoms with E-state index < -0.39 is 0 Å². The monoisotopic (exact) mass is 224 g/mol. The van der Waals surface area contributed by atoms with Crippen molar-refractivity contribution in [1.29, 1.82) is 0 Å². The zero-order chi connectivity index (χ0) is 9.97. The molecule has 72 valence electrons. The van der Waals surface area contributed by atoms with E-state index in [0.717, 1.165) is 12.1 Å². The highest BCUT2D eigenvalue weighted by Gasteiger charge is 1.97. The molecule has 0 aliphatic rings. The molecular formula is C9H8N2OS2. The van der Waals surface area contributed by atoms with Crippen molar-refractivity contribution in [3.8, 4) is 0 Å². The molecule has 0 amide bonds. The van der Waals surface area contributed by atoms with Crippen LogP contribution in [-0.4, -0.2) is 9.97 Å². The number of aromatic nitrogens is 2. The second-order valence-corrected chi connectivity index (χ2v) is 4.11. The van der Waals surface area contributed by atoms with Crippen LogP contribution in [-0.2, 0) is 6.42 Å². The predicted octanol–water partition coefficient (Wildman–Crippen LogP) is 2.08. The van der Waals surface area contributed by atoms with Gasteiger partial charge in [0.25, 0.3) is 5.56 Å². The summed E-state index contributed by atoms with van der Waals surface area (Å²) in [6.45, 7) is 0. The quantitative estimate of drug-likeness (QED) is 0.767. The van der Waals surface area contributed by atoms with Gasteiger partial charge in [0.2, 0.25) is 0 Å². The Morgan fingerprint density at radius 3 is 2.93 bits per heavy atom. The Balaban J connectivity index is 2.34. The summed E-state index contributed by atoms with van der Waals surface area (Å²) in [6, 6.07) is 3.57. The average Bonchev–Trinajstić information content (AvgIpc) is 2.54. The van der Waals surface area contributed by atoms with Gasteiger partial charge in [0.05, 0.1) is 0 Å². The highest BCUT2D eigenvalue weighted by atomic mass is 32.1. The summed E-state index contributed by atoms with van der Waals surface area (Å²) in [6.07, 6.45) is 0.719. The summed E-state index contributed by atoms with van der Waals surface area (Å²) in [5.74, 6) is 0. The molecule has 5 heteroatoms. The molecule has 0 aromatic carbocycles. The van der Waals surface area contributed by atoms with Gasteiger partial charge < -0.3 is 4.98 Å². The van der Waals surface area contributed by atoms with E-state index in [1.54, 1.807) is 11.3 Å². The molecule has 0 bridgehead atoms. The molecule has 3 nitrogen and oxygen atoms in total. The predicted molar refractivity (Wildman–Crippen MR) is 59.4 cm³/mol. The maximum Gasteiger partial charge on any atom is 0.251 e. The van der Waals surface area contributed by atoms with Crippen LogP contribution in [0.2, 0.25) is 0 Å². The van der Waals surface area contributed by atoms with Crippen molar-refractivity contribution >= 4 is 23.6 Å². The molecule has 0 atom stereocenters. The number of hydrogen-bond acceptors (Lipinski definition) is 3. The topological polar surface area (TPSA) is 48.6 Å². The van der Waals surface area contributed by atoms with Gasteiger partial charge in [-0.05, 0) is 34.6 Å². The van der Waals surface area contributed by atoms with E-state index in [-0.39, 0.29) is 5.56 Å². The van der Waals surface area contributed by atoms with Gasteiger partial charge in [-0.25, -0.2) is 0 Å². The Morgan fingerprint density at radius 1 is 1.43 bits per heavy atom. The lowest BCUT2D eigenvalue weighted by Crippen LogP contribution is -2.08. The number of rotatable bonds is 2. The summed E-state index contributed by atoms with van der Waals surface area (Å²) in [5, 5.41) is 4.06. The van der Waals surface area contributed by atoms with Crippen LogP contribution in [0.25, 0.3) is 0 Å². The zero-order valence-electron chi connectivity index (χ0n) is 7.24. The van der Waals surface area contributed by atoms with E-state index in [0.29, 0.717) is 4.77 Å². The largest absolute Gasteiger partial charge is 0.336 e. The summed E-state index contributed by atoms with van der Waals surface area (Å²) < 4.78 is 0.378. The van der Waals surface area contributed by atoms with Gasteiger partial charge in [0, 0.05) is 18.2 Å². The highest BCUT2D eigenvalue weighted by molar-refractivity contribution is 7.71. The third kappa shape index (κ3) is 2.18. The van der Waals surface area contributed by atoms with Gasteiger partial charge in [0.15, 0.2) is 4.77 Å². The van der Waals surface area contributed by atoms with Crippen LogP contribution in [0, 0.1) is 4.77 Å². The number of nitrogens with one attached hydrogen (secondary N) is 2. The Hall–Kier alpha value is -1.20. The van der Waals surface area contributed by atoms with E-state index in [2.05, 4.69) is 15.3 Å². The van der Waals surface area contributed by atoms with Crippen LogP contribution in [0.4, 0.5) is 0 Å². The van der Waals surface area contributed by atoms with Crippen molar-refractivity contribution in [3.05, 3.63) is 49.3 Å². The van der Waals surface area contributed by atoms with E-state index in [4.69, 9.17) is 12.2 Å². The van der Waals surface area contributed by atoms with Gasteiger partial charge >= 0.3 is 0 Å². The fraction of sp³-hybridized carbons (Fsp3) is 0.111. The average molecular weight is 224 g/mol. The molecule has 0 spiro atoms. The fourth-order valence-electron chi connectivity index (χ4n) is 1.23. The van der Waals surface area contributed by atoms with Crippen molar-refractivity contribution in [2.75, 3.05) is 0 Å². The molecular weight excluding hydrogens is 216 g/mol. The molecule has 0 saturated carbocycles. The Kier molecular flexibility index (Phi) is 2.60. The minimum Gasteiger partial charge on any atom is -0.336 e. The number of aromatic amines is 2. The molecule has 0 aliphatic carbocycles. The van der Waals surface area contributed by atoms with Gasteiger partial charge in [-0.3, -0.25) is 9.78 Å².